The number of hydrogen-bond acceptors (Lipinski definition) is 26. The number of Topliss-reactive ketones (excluding diaryl/α,β-unsaturated/α-hetero) is 3. The highest BCUT2D eigenvalue weighted by Gasteiger charge is 2.34. The summed E-state index contributed by atoms with van der Waals surface area (Å²) in [4.78, 5) is 172. The number of hydrogen-bond donors (Lipinski definition) is 8. The van der Waals surface area contributed by atoms with Gasteiger partial charge in [0.05, 0.1) is 76.7 Å². The van der Waals surface area contributed by atoms with Gasteiger partial charge in [0.25, 0.3) is 0 Å². The lowest BCUT2D eigenvalue weighted by atomic mass is 9.89. The highest BCUT2D eigenvalue weighted by atomic mass is 16.6. The molecular formula is C95H154N8O24. The molecule has 0 fully saturated rings. The van der Waals surface area contributed by atoms with Crippen molar-refractivity contribution in [2.24, 2.45) is 52.9 Å². The number of amides is 6. The molecule has 0 saturated carbocycles. The van der Waals surface area contributed by atoms with E-state index >= 15 is 0 Å². The van der Waals surface area contributed by atoms with E-state index in [1.165, 1.54) is 28.4 Å². The molecule has 0 aliphatic heterocycles. The largest absolute Gasteiger partial charge is 0.469 e. The van der Waals surface area contributed by atoms with Crippen molar-refractivity contribution in [1.29, 1.82) is 0 Å². The molecule has 32 heteroatoms. The van der Waals surface area contributed by atoms with Crippen molar-refractivity contribution >= 4 is 83.6 Å². The molecule has 6 amide bonds. The third kappa shape index (κ3) is 61.7. The molecule has 32 nitrogen and oxygen atoms in total. The van der Waals surface area contributed by atoms with Crippen LogP contribution >= 0.6 is 0 Å². The number of nitrogens with one attached hydrogen (secondary N) is 6. The average Bonchev–Trinajstić information content (AvgIpc) is 0.880. The Morgan fingerprint density at radius 2 is 0.622 bits per heavy atom. The molecule has 3 aromatic carbocycles. The van der Waals surface area contributed by atoms with Crippen LogP contribution in [-0.4, -0.2) is 185 Å². The van der Waals surface area contributed by atoms with E-state index in [1.54, 1.807) is 62.3 Å². The first-order valence-electron chi connectivity index (χ1n) is 44.2. The van der Waals surface area contributed by atoms with Gasteiger partial charge in [0.1, 0.15) is 47.4 Å². The lowest BCUT2D eigenvalue weighted by molar-refractivity contribution is -0.149. The zero-order valence-electron chi connectivity index (χ0n) is 79.8. The summed E-state index contributed by atoms with van der Waals surface area (Å²) in [6.07, 6.45) is 5.94. The fourth-order valence-electron chi connectivity index (χ4n) is 12.4. The van der Waals surface area contributed by atoms with Crippen LogP contribution in [0.2, 0.25) is 0 Å². The Labute approximate surface area is 754 Å². The standard InChI is InChI=1S/C37H52N2O8.C27H42N2O7.C19H36N2O5.C12H24N2O4/c1-26(2)21-31(32(40)23-29(35(43)45-6)19-13-14-20-38-36(44)47-37(3,4)5)39-34(42)30(22-27-15-9-7-10-16-27)24-33(41)46-25-28-17-11-8-12-18-28;1-19(2)16-22(29-26(33)35-18-20-12-8-7-9-13-20)23(30)17-21(24(31)34-6)14-10-11-15-28-25(32)36-27(3,4)5;1-13(2)11-15(20)16(22)12-14(17(23)25-6)9-7-8-10-21-18(24)26-19(3,4)5;1-12(2,3)18-11(16)14-8-6-5-7-9(13)10(15)17-4/h7-12,15-18,26,29-31H,13-14,19-25H2,1-6H3,(H,38,44)(H,39,42);7-9,12-13,19,21-22H,10-11,14-18H2,1-6H3,(H,28,32)(H,29,33);13-15H,7-12,20H2,1-6H3,(H,21,24);9H,5-8,13H2,1-4H3,(H,14,16)/t29-,30-,31+;21-,22+;14-,15+;9-/m0001/s1. The first kappa shape index (κ1) is 117. The molecular weight excluding hydrogens is 1640 g/mol. The van der Waals surface area contributed by atoms with Gasteiger partial charge >= 0.3 is 60.3 Å². The second-order valence-electron chi connectivity index (χ2n) is 36.6. The van der Waals surface area contributed by atoms with Gasteiger partial charge in [0, 0.05) is 45.4 Å². The molecule has 127 heavy (non-hydrogen) atoms. The van der Waals surface area contributed by atoms with Crippen LogP contribution in [0.4, 0.5) is 24.0 Å². The second-order valence-corrected chi connectivity index (χ2v) is 36.6. The van der Waals surface area contributed by atoms with Gasteiger partial charge in [-0.3, -0.25) is 43.2 Å². The number of carbonyl (C=O) groups is 14. The number of unbranched alkanes of at least 4 members (excludes halogenated alkanes) is 4. The lowest BCUT2D eigenvalue weighted by Crippen LogP contribution is -2.46. The van der Waals surface area contributed by atoms with E-state index in [0.29, 0.717) is 116 Å². The summed E-state index contributed by atoms with van der Waals surface area (Å²) < 4.78 is 50.6. The van der Waals surface area contributed by atoms with Crippen molar-refractivity contribution < 1.29 is 114 Å². The third-order valence-corrected chi connectivity index (χ3v) is 18.5. The highest BCUT2D eigenvalue weighted by molar-refractivity contribution is 5.93. The number of ether oxygens (including phenoxy) is 10. The SMILES string of the molecule is COC(=O)[C@@H](CCCCNC(=O)OC(C)(C)C)CC(=O)[C@@H](CC(C)C)NC(=O)OCc1ccccc1.COC(=O)[C@@H](CCCCNC(=O)OC(C)(C)C)CC(=O)[C@@H](CC(C)C)NC(=O)[C@H](CC(=O)OCc1ccccc1)Cc1ccccc1.COC(=O)[C@@H](CCCCNC(=O)OC(C)(C)C)CC(=O)[C@H](N)CC(C)C.COC(=O)[C@H](N)CCCCNC(=O)OC(C)(C)C. The Morgan fingerprint density at radius 1 is 0.323 bits per heavy atom. The van der Waals surface area contributed by atoms with Crippen molar-refractivity contribution in [2.45, 2.75) is 313 Å². The zero-order valence-corrected chi connectivity index (χ0v) is 79.8. The van der Waals surface area contributed by atoms with Crippen LogP contribution in [0.3, 0.4) is 0 Å². The number of benzene rings is 3. The summed E-state index contributed by atoms with van der Waals surface area (Å²) in [6.45, 7) is 35.2. The minimum atomic E-state index is -0.845. The lowest BCUT2D eigenvalue weighted by Gasteiger charge is -2.24. The molecule has 10 N–H and O–H groups in total. The van der Waals surface area contributed by atoms with Gasteiger partial charge in [-0.15, -0.1) is 0 Å². The molecule has 0 saturated heterocycles. The van der Waals surface area contributed by atoms with Gasteiger partial charge in [-0.1, -0.05) is 152 Å². The van der Waals surface area contributed by atoms with E-state index in [2.05, 4.69) is 36.6 Å². The maximum atomic E-state index is 13.7. The van der Waals surface area contributed by atoms with E-state index in [4.69, 9.17) is 54.1 Å². The average molecular weight is 1790 g/mol. The number of methoxy groups -OCH3 is 4. The molecule has 0 aliphatic rings. The van der Waals surface area contributed by atoms with Crippen molar-refractivity contribution in [1.82, 2.24) is 31.9 Å². The van der Waals surface area contributed by atoms with Gasteiger partial charge in [0.2, 0.25) is 5.91 Å². The zero-order chi connectivity index (χ0) is 96.5. The van der Waals surface area contributed by atoms with Gasteiger partial charge in [0.15, 0.2) is 11.6 Å². The molecule has 0 bridgehead atoms. The normalized spacial score (nSPS) is 13.2. The molecule has 0 unspecified atom stereocenters. The fraction of sp³-hybridized carbons (Fsp3) is 0.663. The Bertz CT molecular complexity index is 3720. The van der Waals surface area contributed by atoms with Crippen LogP contribution in [0.15, 0.2) is 91.0 Å². The minimum Gasteiger partial charge on any atom is -0.469 e. The summed E-state index contributed by atoms with van der Waals surface area (Å²) in [7, 11) is 5.20. The summed E-state index contributed by atoms with van der Waals surface area (Å²) in [5, 5.41) is 16.2. The second kappa shape index (κ2) is 63.7. The number of carbonyl (C=O) groups excluding carboxylic acids is 14. The predicted octanol–water partition coefficient (Wildman–Crippen LogP) is 14.7. The molecule has 3 rings (SSSR count). The predicted molar refractivity (Wildman–Crippen MR) is 484 cm³/mol. The Hall–Kier alpha value is -10.2. The van der Waals surface area contributed by atoms with Crippen LogP contribution in [0, 0.1) is 41.4 Å². The molecule has 0 radical (unpaired) electrons. The molecule has 0 spiro atoms. The van der Waals surface area contributed by atoms with Crippen molar-refractivity contribution in [2.75, 3.05) is 54.6 Å². The van der Waals surface area contributed by atoms with Crippen molar-refractivity contribution in [3.63, 3.8) is 0 Å². The molecule has 8 atom stereocenters. The van der Waals surface area contributed by atoms with Crippen LogP contribution in [0.25, 0.3) is 0 Å². The summed E-state index contributed by atoms with van der Waals surface area (Å²) in [5.74, 6) is -5.41. The van der Waals surface area contributed by atoms with Gasteiger partial charge in [-0.05, 0) is 201 Å². The quantitative estimate of drug-likeness (QED) is 0.0148. The maximum Gasteiger partial charge on any atom is 0.408 e. The number of ketones is 3. The Morgan fingerprint density at radius 3 is 0.937 bits per heavy atom. The first-order valence-corrected chi connectivity index (χ1v) is 44.2. The van der Waals surface area contributed by atoms with Crippen molar-refractivity contribution in [3.05, 3.63) is 108 Å². The van der Waals surface area contributed by atoms with Gasteiger partial charge < -0.3 is 90.7 Å². The van der Waals surface area contributed by atoms with E-state index < -0.39 is 136 Å². The Kier molecular flexibility index (Phi) is 58.5. The van der Waals surface area contributed by atoms with Crippen LogP contribution in [-0.2, 0) is 110 Å². The van der Waals surface area contributed by atoms with E-state index in [0.717, 1.165) is 29.5 Å². The van der Waals surface area contributed by atoms with Gasteiger partial charge in [-0.2, -0.15) is 0 Å². The Balaban J connectivity index is 0.00000176. The first-order chi connectivity index (χ1) is 59.4. The molecule has 0 heterocycles. The fourth-order valence-corrected chi connectivity index (χ4v) is 12.4. The molecule has 0 aliphatic carbocycles. The van der Waals surface area contributed by atoms with Crippen molar-refractivity contribution in [3.8, 4) is 0 Å². The number of rotatable bonds is 50. The van der Waals surface area contributed by atoms with Crippen LogP contribution in [0.5, 0.6) is 0 Å². The van der Waals surface area contributed by atoms with Crippen LogP contribution in [0.1, 0.15) is 263 Å². The number of alkyl carbamates (subject to hydrolysis) is 5. The summed E-state index contributed by atoms with van der Waals surface area (Å²) in [5.41, 5.74) is 11.8. The van der Waals surface area contributed by atoms with E-state index in [9.17, 15) is 67.1 Å². The number of nitrogens with two attached hydrogens (primary N) is 2. The molecule has 718 valence electrons. The molecule has 0 aromatic heterocycles. The molecule has 3 aromatic rings. The van der Waals surface area contributed by atoms with E-state index in [1.807, 2.05) is 153 Å². The highest BCUT2D eigenvalue weighted by Crippen LogP contribution is 2.25. The summed E-state index contributed by atoms with van der Waals surface area (Å²) >= 11 is 0. The topological polar surface area (TPSA) is 455 Å². The van der Waals surface area contributed by atoms with E-state index in [-0.39, 0.29) is 74.5 Å². The van der Waals surface area contributed by atoms with Crippen LogP contribution < -0.4 is 43.4 Å². The van der Waals surface area contributed by atoms with Gasteiger partial charge in [-0.25, -0.2) is 24.0 Å². The third-order valence-electron chi connectivity index (χ3n) is 18.5. The number of esters is 5. The summed E-state index contributed by atoms with van der Waals surface area (Å²) in [6, 6.07) is 25.2. The smallest absolute Gasteiger partial charge is 0.408 e. The minimum absolute atomic E-state index is 0.0531. The maximum absolute atomic E-state index is 13.7. The monoisotopic (exact) mass is 1790 g/mol.